The molecule has 1 aliphatic carbocycles. The first-order valence-electron chi connectivity index (χ1n) is 6.52. The largest absolute Gasteiger partial charge is 0.392 e. The Balaban J connectivity index is 2.33. The number of aromatic nitrogens is 2. The Morgan fingerprint density at radius 2 is 2.06 bits per heavy atom. The van der Waals surface area contributed by atoms with Gasteiger partial charge in [0.15, 0.2) is 0 Å². The minimum atomic E-state index is -0.274. The quantitative estimate of drug-likeness (QED) is 0.822. The average Bonchev–Trinajstić information content (AvgIpc) is 2.52. The van der Waals surface area contributed by atoms with Crippen LogP contribution in [-0.2, 0) is 0 Å². The number of rotatable bonds is 2. The topological polar surface area (TPSA) is 38.0 Å². The molecule has 1 aromatic heterocycles. The van der Waals surface area contributed by atoms with Crippen LogP contribution in [0.2, 0.25) is 5.02 Å². The van der Waals surface area contributed by atoms with Gasteiger partial charge in [-0.1, -0.05) is 30.9 Å². The minimum Gasteiger partial charge on any atom is -0.392 e. The van der Waals surface area contributed by atoms with E-state index in [4.69, 9.17) is 11.6 Å². The van der Waals surface area contributed by atoms with Gasteiger partial charge >= 0.3 is 0 Å². The monoisotopic (exact) mass is 256 g/mol. The fourth-order valence-corrected chi connectivity index (χ4v) is 2.99. The van der Waals surface area contributed by atoms with Crippen molar-refractivity contribution in [2.75, 3.05) is 0 Å². The van der Waals surface area contributed by atoms with E-state index in [1.165, 1.54) is 12.8 Å². The van der Waals surface area contributed by atoms with Crippen molar-refractivity contribution in [2.24, 2.45) is 0 Å². The molecule has 1 aliphatic rings. The van der Waals surface area contributed by atoms with Gasteiger partial charge in [-0.3, -0.25) is 4.68 Å². The van der Waals surface area contributed by atoms with Crippen LogP contribution in [0.15, 0.2) is 6.20 Å². The van der Waals surface area contributed by atoms with E-state index in [9.17, 15) is 5.11 Å². The molecule has 1 heterocycles. The molecule has 2 rings (SSSR count). The second kappa shape index (κ2) is 5.40. The molecule has 0 amide bonds. The molecule has 2 atom stereocenters. The van der Waals surface area contributed by atoms with Crippen LogP contribution in [0.1, 0.15) is 63.6 Å². The molecule has 1 saturated carbocycles. The van der Waals surface area contributed by atoms with E-state index in [1.54, 1.807) is 6.20 Å². The number of aliphatic hydroxyl groups is 1. The van der Waals surface area contributed by atoms with Crippen molar-refractivity contribution in [3.8, 4) is 0 Å². The second-order valence-corrected chi connectivity index (χ2v) is 5.64. The predicted molar refractivity (Wildman–Crippen MR) is 69.5 cm³/mol. The van der Waals surface area contributed by atoms with Gasteiger partial charge in [-0.25, -0.2) is 0 Å². The van der Waals surface area contributed by atoms with Crippen LogP contribution in [0.5, 0.6) is 0 Å². The molecule has 0 radical (unpaired) electrons. The Hall–Kier alpha value is -0.540. The lowest BCUT2D eigenvalue weighted by molar-refractivity contribution is 0.131. The maximum Gasteiger partial charge on any atom is 0.0821 e. The van der Waals surface area contributed by atoms with Crippen molar-refractivity contribution in [3.63, 3.8) is 0 Å². The third-order valence-electron chi connectivity index (χ3n) is 3.61. The molecule has 1 aromatic rings. The maximum atomic E-state index is 10.3. The van der Waals surface area contributed by atoms with Gasteiger partial charge in [0.1, 0.15) is 0 Å². The SMILES string of the molecule is CC(C)n1ncc(Cl)c1C1CCCCCC1O. The summed E-state index contributed by atoms with van der Waals surface area (Å²) < 4.78 is 1.96. The summed E-state index contributed by atoms with van der Waals surface area (Å²) in [6, 6.07) is 0.285. The summed E-state index contributed by atoms with van der Waals surface area (Å²) in [4.78, 5) is 0. The summed E-state index contributed by atoms with van der Waals surface area (Å²) in [6.45, 7) is 4.19. The summed E-state index contributed by atoms with van der Waals surface area (Å²) in [5, 5.41) is 15.3. The summed E-state index contributed by atoms with van der Waals surface area (Å²) >= 11 is 6.25. The van der Waals surface area contributed by atoms with Gasteiger partial charge in [-0.05, 0) is 26.7 Å². The molecule has 17 heavy (non-hydrogen) atoms. The van der Waals surface area contributed by atoms with E-state index in [2.05, 4.69) is 18.9 Å². The number of halogens is 1. The third-order valence-corrected chi connectivity index (χ3v) is 3.90. The van der Waals surface area contributed by atoms with Crippen molar-refractivity contribution in [1.82, 2.24) is 9.78 Å². The molecule has 0 bridgehead atoms. The van der Waals surface area contributed by atoms with Crippen molar-refractivity contribution in [2.45, 2.75) is 64.0 Å². The molecule has 2 unspecified atom stereocenters. The molecular weight excluding hydrogens is 236 g/mol. The number of hydrogen-bond donors (Lipinski definition) is 1. The molecule has 96 valence electrons. The third kappa shape index (κ3) is 2.66. The summed E-state index contributed by atoms with van der Waals surface area (Å²) in [5.74, 6) is 0.148. The highest BCUT2D eigenvalue weighted by molar-refractivity contribution is 6.31. The predicted octanol–water partition coefficient (Wildman–Crippen LogP) is 3.53. The maximum absolute atomic E-state index is 10.3. The minimum absolute atomic E-state index is 0.148. The van der Waals surface area contributed by atoms with E-state index in [0.29, 0.717) is 5.02 Å². The van der Waals surface area contributed by atoms with Crippen LogP contribution in [0.25, 0.3) is 0 Å². The average molecular weight is 257 g/mol. The van der Waals surface area contributed by atoms with Crippen LogP contribution in [0.4, 0.5) is 0 Å². The Bertz CT molecular complexity index is 375. The number of nitrogens with zero attached hydrogens (tertiary/aromatic N) is 2. The zero-order valence-electron chi connectivity index (χ0n) is 10.6. The lowest BCUT2D eigenvalue weighted by Gasteiger charge is -2.23. The van der Waals surface area contributed by atoms with E-state index >= 15 is 0 Å². The zero-order chi connectivity index (χ0) is 12.4. The van der Waals surface area contributed by atoms with E-state index in [-0.39, 0.29) is 18.1 Å². The highest BCUT2D eigenvalue weighted by Gasteiger charge is 2.29. The van der Waals surface area contributed by atoms with Crippen molar-refractivity contribution in [3.05, 3.63) is 16.9 Å². The summed E-state index contributed by atoms with van der Waals surface area (Å²) in [5.41, 5.74) is 1.02. The van der Waals surface area contributed by atoms with E-state index in [1.807, 2.05) is 4.68 Å². The molecule has 4 heteroatoms. The molecule has 0 saturated heterocycles. The Morgan fingerprint density at radius 1 is 1.35 bits per heavy atom. The lowest BCUT2D eigenvalue weighted by Crippen LogP contribution is -2.21. The van der Waals surface area contributed by atoms with Crippen molar-refractivity contribution < 1.29 is 5.11 Å². The standard InChI is InChI=1S/C13H21ClN2O/c1-9(2)16-13(11(14)8-15-16)10-6-4-3-5-7-12(10)17/h8-10,12,17H,3-7H2,1-2H3. The zero-order valence-corrected chi connectivity index (χ0v) is 11.3. The normalized spacial score (nSPS) is 26.2. The summed E-state index contributed by atoms with van der Waals surface area (Å²) in [6.07, 6.45) is 6.81. The molecule has 0 aliphatic heterocycles. The van der Waals surface area contributed by atoms with Crippen LogP contribution in [-0.4, -0.2) is 21.0 Å². The highest BCUT2D eigenvalue weighted by atomic mass is 35.5. The van der Waals surface area contributed by atoms with Crippen LogP contribution < -0.4 is 0 Å². The van der Waals surface area contributed by atoms with Gasteiger partial charge in [0, 0.05) is 12.0 Å². The fraction of sp³-hybridized carbons (Fsp3) is 0.769. The second-order valence-electron chi connectivity index (χ2n) is 5.23. The number of aliphatic hydroxyl groups excluding tert-OH is 1. The smallest absolute Gasteiger partial charge is 0.0821 e. The first-order valence-corrected chi connectivity index (χ1v) is 6.90. The van der Waals surface area contributed by atoms with Gasteiger partial charge in [-0.2, -0.15) is 5.10 Å². The lowest BCUT2D eigenvalue weighted by atomic mass is 9.93. The van der Waals surface area contributed by atoms with Crippen molar-refractivity contribution in [1.29, 1.82) is 0 Å². The fourth-order valence-electron chi connectivity index (χ4n) is 2.72. The van der Waals surface area contributed by atoms with Gasteiger partial charge in [0.25, 0.3) is 0 Å². The van der Waals surface area contributed by atoms with Gasteiger partial charge in [0.2, 0.25) is 0 Å². The first-order chi connectivity index (χ1) is 8.11. The van der Waals surface area contributed by atoms with Gasteiger partial charge in [-0.15, -0.1) is 0 Å². The Labute approximate surface area is 108 Å². The molecular formula is C13H21ClN2O. The van der Waals surface area contributed by atoms with Gasteiger partial charge in [0.05, 0.1) is 23.0 Å². The Kier molecular flexibility index (Phi) is 4.10. The van der Waals surface area contributed by atoms with Gasteiger partial charge < -0.3 is 5.11 Å². The number of hydrogen-bond acceptors (Lipinski definition) is 2. The van der Waals surface area contributed by atoms with Crippen LogP contribution in [0, 0.1) is 0 Å². The molecule has 3 nitrogen and oxygen atoms in total. The highest BCUT2D eigenvalue weighted by Crippen LogP contribution is 2.36. The van der Waals surface area contributed by atoms with E-state index in [0.717, 1.165) is 25.0 Å². The van der Waals surface area contributed by atoms with Crippen molar-refractivity contribution >= 4 is 11.6 Å². The molecule has 0 aromatic carbocycles. The molecule has 1 fully saturated rings. The van der Waals surface area contributed by atoms with Crippen LogP contribution >= 0.6 is 11.6 Å². The van der Waals surface area contributed by atoms with E-state index < -0.39 is 0 Å². The molecule has 1 N–H and O–H groups in total. The molecule has 0 spiro atoms. The Morgan fingerprint density at radius 3 is 2.76 bits per heavy atom. The first kappa shape index (κ1) is 12.9. The van der Waals surface area contributed by atoms with Crippen LogP contribution in [0.3, 0.4) is 0 Å². The summed E-state index contributed by atoms with van der Waals surface area (Å²) in [7, 11) is 0.